The Morgan fingerprint density at radius 2 is 1.97 bits per heavy atom. The van der Waals surface area contributed by atoms with Crippen molar-refractivity contribution in [2.24, 2.45) is 5.92 Å². The number of fused-ring (bicyclic) bond motifs is 1. The number of aliphatic carboxylic acids is 1. The number of hydrogen-bond acceptors (Lipinski definition) is 5. The van der Waals surface area contributed by atoms with E-state index in [1.165, 1.54) is 4.90 Å². The Morgan fingerprint density at radius 1 is 1.24 bits per heavy atom. The van der Waals surface area contributed by atoms with Gasteiger partial charge in [-0.05, 0) is 48.3 Å². The molecule has 2 aromatic rings. The first-order valence-corrected chi connectivity index (χ1v) is 9.12. The van der Waals surface area contributed by atoms with Gasteiger partial charge in [-0.2, -0.15) is 0 Å². The minimum absolute atomic E-state index is 0. The van der Waals surface area contributed by atoms with E-state index in [1.807, 2.05) is 54.6 Å². The molecule has 3 atom stereocenters. The van der Waals surface area contributed by atoms with E-state index < -0.39 is 18.0 Å². The average Bonchev–Trinajstić information content (AvgIpc) is 3.02. The van der Waals surface area contributed by atoms with E-state index in [4.69, 9.17) is 0 Å². The van der Waals surface area contributed by atoms with E-state index in [9.17, 15) is 19.8 Å². The van der Waals surface area contributed by atoms with Crippen LogP contribution in [0.2, 0.25) is 0 Å². The number of aromatic nitrogens is 1. The van der Waals surface area contributed by atoms with Gasteiger partial charge in [0.2, 0.25) is 5.91 Å². The number of carboxylic acid groups (broad SMARTS) is 1. The fourth-order valence-electron chi connectivity index (χ4n) is 3.97. The Balaban J connectivity index is 0.00000240. The molecule has 1 amide bonds. The van der Waals surface area contributed by atoms with Crippen LogP contribution in [0.3, 0.4) is 0 Å². The van der Waals surface area contributed by atoms with Gasteiger partial charge in [-0.15, -0.1) is 0 Å². The Hall–Kier alpha value is -1.61. The third-order valence-corrected chi connectivity index (χ3v) is 5.32. The summed E-state index contributed by atoms with van der Waals surface area (Å²) in [5.74, 6) is -2.29. The second-order valence-electron chi connectivity index (χ2n) is 7.07. The molecule has 1 N–H and O–H groups in total. The summed E-state index contributed by atoms with van der Waals surface area (Å²) in [6.45, 7) is 1.55. The number of benzene rings is 1. The van der Waals surface area contributed by atoms with Gasteiger partial charge in [-0.3, -0.25) is 9.78 Å². The van der Waals surface area contributed by atoms with Gasteiger partial charge >= 0.3 is 51.4 Å². The van der Waals surface area contributed by atoms with Crippen molar-refractivity contribution in [3.63, 3.8) is 0 Å². The molecule has 4 rings (SSSR count). The van der Waals surface area contributed by atoms with Crippen LogP contribution in [0.15, 0.2) is 54.4 Å². The van der Waals surface area contributed by atoms with Crippen molar-refractivity contribution in [3.05, 3.63) is 71.2 Å². The molecule has 7 heteroatoms. The number of β-lactam (4-membered cyclic amide) rings is 1. The van der Waals surface area contributed by atoms with Gasteiger partial charge in [0.1, 0.15) is 0 Å². The normalized spacial score (nSPS) is 21.6. The number of hydrogen-bond donors (Lipinski definition) is 1. The van der Waals surface area contributed by atoms with Gasteiger partial charge in [0, 0.05) is 6.20 Å². The predicted molar refractivity (Wildman–Crippen MR) is 102 cm³/mol. The quantitative estimate of drug-likeness (QED) is 0.466. The SMILES string of the molecule is C[C@@H](O)[C@H]1C(=O)N2C(C(=O)[O-])=C(c3ccc(/C=C/c4ccccn4)cc3)C[C@H]12.[K+]. The summed E-state index contributed by atoms with van der Waals surface area (Å²) in [6, 6.07) is 12.8. The first-order chi connectivity index (χ1) is 13.5. The first kappa shape index (κ1) is 22.1. The minimum Gasteiger partial charge on any atom is -0.543 e. The van der Waals surface area contributed by atoms with E-state index >= 15 is 0 Å². The van der Waals surface area contributed by atoms with Gasteiger partial charge in [-0.1, -0.05) is 36.4 Å². The zero-order valence-electron chi connectivity index (χ0n) is 16.3. The van der Waals surface area contributed by atoms with Crippen molar-refractivity contribution < 1.29 is 71.2 Å². The molecule has 2 aliphatic rings. The Kier molecular flexibility index (Phi) is 6.88. The molecule has 0 radical (unpaired) electrons. The van der Waals surface area contributed by atoms with E-state index in [1.54, 1.807) is 13.1 Å². The van der Waals surface area contributed by atoms with E-state index in [2.05, 4.69) is 4.98 Å². The topological polar surface area (TPSA) is 93.6 Å². The number of aliphatic hydroxyl groups excluding tert-OH is 1. The fraction of sp³-hybridized carbons (Fsp3) is 0.227. The third kappa shape index (κ3) is 4.16. The van der Waals surface area contributed by atoms with Gasteiger partial charge in [0.05, 0.1) is 35.4 Å². The van der Waals surface area contributed by atoms with Crippen LogP contribution >= 0.6 is 0 Å². The third-order valence-electron chi connectivity index (χ3n) is 5.32. The van der Waals surface area contributed by atoms with E-state index in [-0.39, 0.29) is 69.0 Å². The fourth-order valence-corrected chi connectivity index (χ4v) is 3.97. The first-order valence-electron chi connectivity index (χ1n) is 9.12. The molecule has 0 saturated carbocycles. The molecular weight excluding hydrogens is 395 g/mol. The number of pyridine rings is 1. The molecule has 0 spiro atoms. The van der Waals surface area contributed by atoms with Crippen LogP contribution in [0.1, 0.15) is 30.2 Å². The average molecular weight is 415 g/mol. The largest absolute Gasteiger partial charge is 1.00 e. The molecule has 29 heavy (non-hydrogen) atoms. The number of carbonyl (C=O) groups excluding carboxylic acids is 2. The smallest absolute Gasteiger partial charge is 0.543 e. The molecule has 142 valence electrons. The molecule has 1 fully saturated rings. The predicted octanol–water partition coefficient (Wildman–Crippen LogP) is -1.67. The summed E-state index contributed by atoms with van der Waals surface area (Å²) in [5.41, 5.74) is 3.02. The van der Waals surface area contributed by atoms with Crippen LogP contribution < -0.4 is 56.5 Å². The second-order valence-corrected chi connectivity index (χ2v) is 7.07. The number of carbonyl (C=O) groups is 2. The van der Waals surface area contributed by atoms with Crippen molar-refractivity contribution in [3.8, 4) is 0 Å². The van der Waals surface area contributed by atoms with Crippen LogP contribution in [-0.4, -0.2) is 39.0 Å². The van der Waals surface area contributed by atoms with Crippen LogP contribution in [0.5, 0.6) is 0 Å². The molecule has 1 aromatic carbocycles. The Labute approximate surface area is 211 Å². The van der Waals surface area contributed by atoms with Crippen LogP contribution in [0.25, 0.3) is 17.7 Å². The van der Waals surface area contributed by atoms with Crippen LogP contribution in [0.4, 0.5) is 0 Å². The van der Waals surface area contributed by atoms with Crippen molar-refractivity contribution >= 4 is 29.6 Å². The van der Waals surface area contributed by atoms with Crippen molar-refractivity contribution in [1.82, 2.24) is 9.88 Å². The summed E-state index contributed by atoms with van der Waals surface area (Å²) < 4.78 is 0. The van der Waals surface area contributed by atoms with Crippen molar-refractivity contribution in [1.29, 1.82) is 0 Å². The standard InChI is InChI=1S/C22H20N2O4.K/c1-13(25)19-18-12-17(20(22(27)28)24(18)21(19)26)15-8-5-14(6-9-15)7-10-16-4-2-3-11-23-16;/h2-11,13,18-19,25H,12H2,1H3,(H,27,28);/q;+1/p-1/b10-7+;/t13-,18-,19-;/m1./s1. The van der Waals surface area contributed by atoms with E-state index in [0.717, 1.165) is 16.8 Å². The molecule has 3 heterocycles. The Morgan fingerprint density at radius 3 is 2.55 bits per heavy atom. The molecular formula is C22H19KN2O4. The van der Waals surface area contributed by atoms with Gasteiger partial charge in [0.15, 0.2) is 0 Å². The maximum Gasteiger partial charge on any atom is 1.00 e. The molecule has 0 bridgehead atoms. The van der Waals surface area contributed by atoms with Crippen molar-refractivity contribution in [2.75, 3.05) is 0 Å². The summed E-state index contributed by atoms with van der Waals surface area (Å²) >= 11 is 0. The number of carboxylic acids is 1. The molecule has 0 aliphatic carbocycles. The zero-order valence-corrected chi connectivity index (χ0v) is 19.4. The molecule has 6 nitrogen and oxygen atoms in total. The van der Waals surface area contributed by atoms with Gasteiger partial charge in [-0.25, -0.2) is 0 Å². The molecule has 0 unspecified atom stereocenters. The number of nitrogens with zero attached hydrogens (tertiary/aromatic N) is 2. The Bertz CT molecular complexity index is 984. The van der Waals surface area contributed by atoms with E-state index in [0.29, 0.717) is 12.0 Å². The second kappa shape index (κ2) is 9.03. The van der Waals surface area contributed by atoms with Crippen LogP contribution in [-0.2, 0) is 9.59 Å². The summed E-state index contributed by atoms with van der Waals surface area (Å²) in [6.07, 6.45) is 5.13. The summed E-state index contributed by atoms with van der Waals surface area (Å²) in [7, 11) is 0. The molecule has 2 aliphatic heterocycles. The number of aliphatic hydroxyl groups is 1. The van der Waals surface area contributed by atoms with Gasteiger partial charge in [0.25, 0.3) is 0 Å². The summed E-state index contributed by atoms with van der Waals surface area (Å²) in [4.78, 5) is 29.4. The van der Waals surface area contributed by atoms with Crippen LogP contribution in [0, 0.1) is 5.92 Å². The molecule has 1 saturated heterocycles. The minimum atomic E-state index is -1.37. The number of rotatable bonds is 5. The maximum absolute atomic E-state index is 12.3. The van der Waals surface area contributed by atoms with Gasteiger partial charge < -0.3 is 19.9 Å². The monoisotopic (exact) mass is 414 g/mol. The maximum atomic E-state index is 12.3. The molecule has 1 aromatic heterocycles. The summed E-state index contributed by atoms with van der Waals surface area (Å²) in [5, 5.41) is 21.5. The zero-order chi connectivity index (χ0) is 19.8. The van der Waals surface area contributed by atoms with Crippen molar-refractivity contribution in [2.45, 2.75) is 25.5 Å². The number of amides is 1.